The second-order valence-corrected chi connectivity index (χ2v) is 7.47. The standard InChI is InChI=1S/C18H15N3O3S2/c19-26(23,24)14-10-8-13(9-11-14)20-18(25)21-17(22)16-7-3-5-12-4-1-2-6-15(12)16/h1-11H,(H2,19,23,24)(H2,20,21,22,25). The van der Waals surface area contributed by atoms with Crippen molar-refractivity contribution in [2.75, 3.05) is 5.32 Å². The van der Waals surface area contributed by atoms with Crippen molar-refractivity contribution >= 4 is 49.7 Å². The van der Waals surface area contributed by atoms with Crippen LogP contribution in [-0.4, -0.2) is 19.4 Å². The maximum atomic E-state index is 12.5. The fourth-order valence-corrected chi connectivity index (χ4v) is 3.21. The zero-order valence-electron chi connectivity index (χ0n) is 13.5. The van der Waals surface area contributed by atoms with Crippen LogP contribution in [0.3, 0.4) is 0 Å². The molecule has 6 nitrogen and oxygen atoms in total. The molecule has 132 valence electrons. The molecule has 0 bridgehead atoms. The van der Waals surface area contributed by atoms with Crippen molar-refractivity contribution < 1.29 is 13.2 Å². The summed E-state index contributed by atoms with van der Waals surface area (Å²) in [6, 6.07) is 18.7. The van der Waals surface area contributed by atoms with Gasteiger partial charge in [0.15, 0.2) is 5.11 Å². The van der Waals surface area contributed by atoms with Gasteiger partial charge >= 0.3 is 0 Å². The van der Waals surface area contributed by atoms with E-state index in [-0.39, 0.29) is 15.9 Å². The molecule has 0 saturated carbocycles. The molecule has 1 amide bonds. The molecule has 0 fully saturated rings. The van der Waals surface area contributed by atoms with Crippen LogP contribution in [0.5, 0.6) is 0 Å². The van der Waals surface area contributed by atoms with Crippen molar-refractivity contribution in [2.24, 2.45) is 5.14 Å². The minimum Gasteiger partial charge on any atom is -0.332 e. The average Bonchev–Trinajstić information content (AvgIpc) is 2.60. The second-order valence-electron chi connectivity index (χ2n) is 5.50. The molecule has 0 radical (unpaired) electrons. The van der Waals surface area contributed by atoms with Crippen molar-refractivity contribution in [1.29, 1.82) is 0 Å². The highest BCUT2D eigenvalue weighted by Crippen LogP contribution is 2.18. The zero-order valence-corrected chi connectivity index (χ0v) is 15.1. The van der Waals surface area contributed by atoms with Crippen LogP contribution < -0.4 is 15.8 Å². The third-order valence-electron chi connectivity index (χ3n) is 3.70. The molecule has 0 heterocycles. The van der Waals surface area contributed by atoms with Crippen LogP contribution in [0.25, 0.3) is 10.8 Å². The van der Waals surface area contributed by atoms with Gasteiger partial charge in [-0.2, -0.15) is 0 Å². The predicted octanol–water partition coefficient (Wildman–Crippen LogP) is 2.61. The van der Waals surface area contributed by atoms with Gasteiger partial charge in [-0.15, -0.1) is 0 Å². The first-order valence-electron chi connectivity index (χ1n) is 7.57. The van der Waals surface area contributed by atoms with E-state index < -0.39 is 10.0 Å². The second kappa shape index (κ2) is 7.20. The van der Waals surface area contributed by atoms with Gasteiger partial charge in [-0.1, -0.05) is 36.4 Å². The lowest BCUT2D eigenvalue weighted by Crippen LogP contribution is -2.34. The van der Waals surface area contributed by atoms with Crippen molar-refractivity contribution in [3.05, 3.63) is 72.3 Å². The van der Waals surface area contributed by atoms with E-state index >= 15 is 0 Å². The van der Waals surface area contributed by atoms with E-state index in [0.717, 1.165) is 10.8 Å². The van der Waals surface area contributed by atoms with Crippen LogP contribution in [0, 0.1) is 0 Å². The molecule has 26 heavy (non-hydrogen) atoms. The van der Waals surface area contributed by atoms with Gasteiger partial charge < -0.3 is 5.32 Å². The number of sulfonamides is 1. The summed E-state index contributed by atoms with van der Waals surface area (Å²) in [6.45, 7) is 0. The molecule has 3 aromatic rings. The molecule has 3 aromatic carbocycles. The molecular weight excluding hydrogens is 370 g/mol. The van der Waals surface area contributed by atoms with E-state index in [1.807, 2.05) is 30.3 Å². The summed E-state index contributed by atoms with van der Waals surface area (Å²) >= 11 is 5.16. The molecule has 0 unspecified atom stereocenters. The SMILES string of the molecule is NS(=O)(=O)c1ccc(NC(=S)NC(=O)c2cccc3ccccc23)cc1. The van der Waals surface area contributed by atoms with Gasteiger partial charge in [-0.05, 0) is 53.3 Å². The van der Waals surface area contributed by atoms with Crippen molar-refractivity contribution in [1.82, 2.24) is 5.32 Å². The lowest BCUT2D eigenvalue weighted by molar-refractivity contribution is 0.0979. The molecule has 0 atom stereocenters. The van der Waals surface area contributed by atoms with E-state index in [0.29, 0.717) is 11.3 Å². The maximum Gasteiger partial charge on any atom is 0.258 e. The van der Waals surface area contributed by atoms with E-state index in [1.54, 1.807) is 12.1 Å². The first-order chi connectivity index (χ1) is 12.3. The summed E-state index contributed by atoms with van der Waals surface area (Å²) in [5, 5.41) is 12.4. The Morgan fingerprint density at radius 3 is 2.27 bits per heavy atom. The van der Waals surface area contributed by atoms with Crippen molar-refractivity contribution in [3.63, 3.8) is 0 Å². The van der Waals surface area contributed by atoms with Gasteiger partial charge in [0, 0.05) is 11.3 Å². The van der Waals surface area contributed by atoms with E-state index in [9.17, 15) is 13.2 Å². The summed E-state index contributed by atoms with van der Waals surface area (Å²) in [6.07, 6.45) is 0. The summed E-state index contributed by atoms with van der Waals surface area (Å²) in [5.74, 6) is -0.333. The average molecular weight is 385 g/mol. The number of anilines is 1. The number of fused-ring (bicyclic) bond motifs is 1. The highest BCUT2D eigenvalue weighted by Gasteiger charge is 2.12. The molecule has 0 aliphatic carbocycles. The number of hydrogen-bond acceptors (Lipinski definition) is 4. The van der Waals surface area contributed by atoms with Crippen LogP contribution in [0.2, 0.25) is 0 Å². The van der Waals surface area contributed by atoms with Crippen LogP contribution >= 0.6 is 12.2 Å². The predicted molar refractivity (Wildman–Crippen MR) is 105 cm³/mol. The Kier molecular flexibility index (Phi) is 4.99. The van der Waals surface area contributed by atoms with Gasteiger partial charge in [-0.3, -0.25) is 10.1 Å². The first kappa shape index (κ1) is 18.0. The molecule has 4 N–H and O–H groups in total. The van der Waals surface area contributed by atoms with E-state index in [1.165, 1.54) is 24.3 Å². The molecule has 0 spiro atoms. The Morgan fingerprint density at radius 2 is 1.58 bits per heavy atom. The Hall–Kier alpha value is -2.81. The van der Waals surface area contributed by atoms with Crippen LogP contribution in [0.4, 0.5) is 5.69 Å². The largest absolute Gasteiger partial charge is 0.332 e. The van der Waals surface area contributed by atoms with Gasteiger partial charge in [0.2, 0.25) is 10.0 Å². The van der Waals surface area contributed by atoms with E-state index in [4.69, 9.17) is 17.4 Å². The molecule has 0 saturated heterocycles. The first-order valence-corrected chi connectivity index (χ1v) is 9.53. The van der Waals surface area contributed by atoms with Crippen LogP contribution in [0.1, 0.15) is 10.4 Å². The number of hydrogen-bond donors (Lipinski definition) is 3. The Morgan fingerprint density at radius 1 is 0.923 bits per heavy atom. The summed E-state index contributed by atoms with van der Waals surface area (Å²) in [5.41, 5.74) is 1.04. The number of carbonyl (C=O) groups excluding carboxylic acids is 1. The van der Waals surface area contributed by atoms with Gasteiger partial charge in [-0.25, -0.2) is 13.6 Å². The fourth-order valence-electron chi connectivity index (χ4n) is 2.48. The summed E-state index contributed by atoms with van der Waals surface area (Å²) in [7, 11) is -3.75. The Balaban J connectivity index is 1.72. The number of carbonyl (C=O) groups is 1. The number of nitrogens with two attached hydrogens (primary N) is 1. The molecule has 0 aromatic heterocycles. The number of nitrogens with one attached hydrogen (secondary N) is 2. The van der Waals surface area contributed by atoms with Gasteiger partial charge in [0.25, 0.3) is 5.91 Å². The lowest BCUT2D eigenvalue weighted by Gasteiger charge is -2.11. The topological polar surface area (TPSA) is 101 Å². The molecule has 8 heteroatoms. The highest BCUT2D eigenvalue weighted by atomic mass is 32.2. The Bertz CT molecular complexity index is 1090. The van der Waals surface area contributed by atoms with Crippen LogP contribution in [-0.2, 0) is 10.0 Å². The quantitative estimate of drug-likeness (QED) is 0.602. The molecule has 3 rings (SSSR count). The van der Waals surface area contributed by atoms with Crippen molar-refractivity contribution in [2.45, 2.75) is 4.90 Å². The van der Waals surface area contributed by atoms with E-state index in [2.05, 4.69) is 10.6 Å². The third-order valence-corrected chi connectivity index (χ3v) is 4.84. The Labute approximate surface area is 156 Å². The molecule has 0 aliphatic heterocycles. The number of amides is 1. The molecular formula is C18H15N3O3S2. The van der Waals surface area contributed by atoms with Crippen molar-refractivity contribution in [3.8, 4) is 0 Å². The minimum atomic E-state index is -3.75. The number of rotatable bonds is 3. The normalized spacial score (nSPS) is 11.1. The summed E-state index contributed by atoms with van der Waals surface area (Å²) < 4.78 is 22.5. The highest BCUT2D eigenvalue weighted by molar-refractivity contribution is 7.89. The fraction of sp³-hybridized carbons (Fsp3) is 0. The van der Waals surface area contributed by atoms with Gasteiger partial charge in [0.1, 0.15) is 0 Å². The number of thiocarbonyl (C=S) groups is 1. The maximum absolute atomic E-state index is 12.5. The summed E-state index contributed by atoms with van der Waals surface area (Å²) in [4.78, 5) is 12.5. The number of primary sulfonamides is 1. The number of benzene rings is 3. The monoisotopic (exact) mass is 385 g/mol. The zero-order chi connectivity index (χ0) is 18.7. The molecule has 0 aliphatic rings. The van der Waals surface area contributed by atoms with Gasteiger partial charge in [0.05, 0.1) is 4.90 Å². The minimum absolute atomic E-state index is 0.00578. The third kappa shape index (κ3) is 4.05. The smallest absolute Gasteiger partial charge is 0.258 e. The lowest BCUT2D eigenvalue weighted by atomic mass is 10.0. The van der Waals surface area contributed by atoms with Crippen LogP contribution in [0.15, 0.2) is 71.6 Å².